The zero-order chi connectivity index (χ0) is 13.1. The molecule has 0 saturated carbocycles. The predicted molar refractivity (Wildman–Crippen MR) is 70.0 cm³/mol. The van der Waals surface area contributed by atoms with Crippen LogP contribution >= 0.6 is 11.3 Å². The van der Waals surface area contributed by atoms with Crippen LogP contribution in [0.3, 0.4) is 0 Å². The predicted octanol–water partition coefficient (Wildman–Crippen LogP) is 2.37. The molecule has 96 valence electrons. The molecular formula is C13H15FN2OS. The van der Waals surface area contributed by atoms with Gasteiger partial charge in [-0.15, -0.1) is 11.3 Å². The highest BCUT2D eigenvalue weighted by molar-refractivity contribution is 7.09. The average molecular weight is 266 g/mol. The van der Waals surface area contributed by atoms with Gasteiger partial charge in [0.05, 0.1) is 10.7 Å². The first-order valence-electron chi connectivity index (χ1n) is 5.68. The van der Waals surface area contributed by atoms with E-state index in [1.54, 1.807) is 23.6 Å². The lowest BCUT2D eigenvalue weighted by atomic mass is 9.91. The van der Waals surface area contributed by atoms with Gasteiger partial charge in [-0.05, 0) is 18.6 Å². The van der Waals surface area contributed by atoms with E-state index < -0.39 is 12.0 Å². The van der Waals surface area contributed by atoms with Crippen LogP contribution in [0.1, 0.15) is 28.3 Å². The summed E-state index contributed by atoms with van der Waals surface area (Å²) in [6.07, 6.45) is -0.878. The Morgan fingerprint density at radius 1 is 1.44 bits per heavy atom. The van der Waals surface area contributed by atoms with Crippen molar-refractivity contribution in [2.24, 2.45) is 5.73 Å². The maximum Gasteiger partial charge on any atom is 0.126 e. The van der Waals surface area contributed by atoms with E-state index in [9.17, 15) is 9.50 Å². The van der Waals surface area contributed by atoms with E-state index in [-0.39, 0.29) is 12.4 Å². The molecule has 18 heavy (non-hydrogen) atoms. The molecule has 1 heterocycles. The number of halogens is 1. The molecule has 3 nitrogen and oxygen atoms in total. The molecule has 0 fully saturated rings. The minimum atomic E-state index is -0.878. The molecule has 0 saturated heterocycles. The second-order valence-corrected chi connectivity index (χ2v) is 5.16. The second-order valence-electron chi connectivity index (χ2n) is 4.10. The first kappa shape index (κ1) is 13.1. The number of hydrogen-bond acceptors (Lipinski definition) is 4. The maximum atomic E-state index is 13.7. The summed E-state index contributed by atoms with van der Waals surface area (Å²) in [5.41, 5.74) is 6.65. The fraction of sp³-hybridized carbons (Fsp3) is 0.308. The van der Waals surface area contributed by atoms with Gasteiger partial charge in [-0.2, -0.15) is 0 Å². The van der Waals surface area contributed by atoms with Gasteiger partial charge < -0.3 is 10.8 Å². The minimum Gasteiger partial charge on any atom is -0.386 e. The molecule has 1 aromatic carbocycles. The van der Waals surface area contributed by atoms with Gasteiger partial charge in [-0.1, -0.05) is 18.2 Å². The molecule has 0 aliphatic rings. The molecule has 2 atom stereocenters. The van der Waals surface area contributed by atoms with Crippen LogP contribution in [-0.4, -0.2) is 16.6 Å². The van der Waals surface area contributed by atoms with Crippen molar-refractivity contribution in [3.05, 3.63) is 51.7 Å². The van der Waals surface area contributed by atoms with Gasteiger partial charge in [0.25, 0.3) is 0 Å². The summed E-state index contributed by atoms with van der Waals surface area (Å²) in [6, 6.07) is 6.37. The molecule has 0 aliphatic heterocycles. The fourth-order valence-electron chi connectivity index (χ4n) is 1.92. The van der Waals surface area contributed by atoms with Crippen molar-refractivity contribution in [1.29, 1.82) is 0 Å². The third kappa shape index (κ3) is 2.58. The first-order chi connectivity index (χ1) is 8.63. The molecule has 2 aromatic rings. The molecule has 1 aromatic heterocycles. The zero-order valence-electron chi connectivity index (χ0n) is 10.0. The first-order valence-corrected chi connectivity index (χ1v) is 6.56. The van der Waals surface area contributed by atoms with Crippen LogP contribution in [0.2, 0.25) is 0 Å². The third-order valence-corrected chi connectivity index (χ3v) is 3.67. The van der Waals surface area contributed by atoms with Crippen molar-refractivity contribution in [2.75, 3.05) is 6.54 Å². The number of aromatic nitrogens is 1. The molecule has 0 bridgehead atoms. The van der Waals surface area contributed by atoms with Gasteiger partial charge in [-0.3, -0.25) is 0 Å². The van der Waals surface area contributed by atoms with E-state index in [4.69, 9.17) is 5.73 Å². The highest BCUT2D eigenvalue weighted by atomic mass is 32.1. The molecule has 3 N–H and O–H groups in total. The van der Waals surface area contributed by atoms with Crippen molar-refractivity contribution in [3.63, 3.8) is 0 Å². The van der Waals surface area contributed by atoms with E-state index in [2.05, 4.69) is 4.98 Å². The molecule has 2 unspecified atom stereocenters. The summed E-state index contributed by atoms with van der Waals surface area (Å²) in [5, 5.41) is 12.9. The van der Waals surface area contributed by atoms with Crippen molar-refractivity contribution in [2.45, 2.75) is 18.9 Å². The van der Waals surface area contributed by atoms with E-state index >= 15 is 0 Å². The van der Waals surface area contributed by atoms with E-state index in [1.807, 2.05) is 6.92 Å². The summed E-state index contributed by atoms with van der Waals surface area (Å²) < 4.78 is 13.7. The Balaban J connectivity index is 2.32. The summed E-state index contributed by atoms with van der Waals surface area (Å²) in [7, 11) is 0. The molecule has 2 rings (SSSR count). The van der Waals surface area contributed by atoms with Crippen molar-refractivity contribution < 1.29 is 9.50 Å². The molecule has 0 spiro atoms. The Morgan fingerprint density at radius 3 is 2.72 bits per heavy atom. The summed E-state index contributed by atoms with van der Waals surface area (Å²) in [6.45, 7) is 2.03. The fourth-order valence-corrected chi connectivity index (χ4v) is 2.57. The normalized spacial score (nSPS) is 14.4. The highest BCUT2D eigenvalue weighted by Crippen LogP contribution is 2.31. The standard InChI is InChI=1S/C13H15FN2OS/c1-8-16-12(7-18-8)13(17)10(6-15)9-4-2-3-5-11(9)14/h2-5,7,10,13,17H,6,15H2,1H3. The van der Waals surface area contributed by atoms with Gasteiger partial charge in [0.2, 0.25) is 0 Å². The SMILES string of the molecule is Cc1nc(C(O)C(CN)c2ccccc2F)cs1. The zero-order valence-corrected chi connectivity index (χ0v) is 10.8. The lowest BCUT2D eigenvalue weighted by Gasteiger charge is -2.20. The van der Waals surface area contributed by atoms with Crippen molar-refractivity contribution in [3.8, 4) is 0 Å². The van der Waals surface area contributed by atoms with Gasteiger partial charge in [-0.25, -0.2) is 9.37 Å². The Kier molecular flexibility index (Phi) is 4.06. The van der Waals surface area contributed by atoms with E-state index in [0.717, 1.165) is 5.01 Å². The van der Waals surface area contributed by atoms with Gasteiger partial charge in [0.15, 0.2) is 0 Å². The number of aryl methyl sites for hydroxylation is 1. The van der Waals surface area contributed by atoms with Crippen LogP contribution in [0.15, 0.2) is 29.6 Å². The molecule has 0 aliphatic carbocycles. The summed E-state index contributed by atoms with van der Waals surface area (Å²) in [4.78, 5) is 4.23. The minimum absolute atomic E-state index is 0.165. The number of nitrogens with two attached hydrogens (primary N) is 1. The van der Waals surface area contributed by atoms with E-state index in [0.29, 0.717) is 11.3 Å². The number of aliphatic hydroxyl groups is 1. The van der Waals surface area contributed by atoms with Crippen LogP contribution in [0.25, 0.3) is 0 Å². The number of aliphatic hydroxyl groups excluding tert-OH is 1. The van der Waals surface area contributed by atoms with Crippen molar-refractivity contribution >= 4 is 11.3 Å². The lowest BCUT2D eigenvalue weighted by Crippen LogP contribution is -2.21. The Bertz CT molecular complexity index is 529. The van der Waals surface area contributed by atoms with Crippen LogP contribution in [0, 0.1) is 12.7 Å². The second kappa shape index (κ2) is 5.56. The largest absolute Gasteiger partial charge is 0.386 e. The number of nitrogens with zero attached hydrogens (tertiary/aromatic N) is 1. The van der Waals surface area contributed by atoms with Gasteiger partial charge in [0, 0.05) is 17.8 Å². The lowest BCUT2D eigenvalue weighted by molar-refractivity contribution is 0.142. The van der Waals surface area contributed by atoms with Crippen LogP contribution < -0.4 is 5.73 Å². The monoisotopic (exact) mass is 266 g/mol. The Morgan fingerprint density at radius 2 is 2.17 bits per heavy atom. The average Bonchev–Trinajstić information content (AvgIpc) is 2.79. The smallest absolute Gasteiger partial charge is 0.126 e. The number of benzene rings is 1. The van der Waals surface area contributed by atoms with Crippen LogP contribution in [0.5, 0.6) is 0 Å². The number of hydrogen-bond donors (Lipinski definition) is 2. The number of thiazole rings is 1. The van der Waals surface area contributed by atoms with Crippen molar-refractivity contribution in [1.82, 2.24) is 4.98 Å². The Hall–Kier alpha value is -1.30. The van der Waals surface area contributed by atoms with Gasteiger partial charge >= 0.3 is 0 Å². The number of rotatable bonds is 4. The molecule has 0 amide bonds. The maximum absolute atomic E-state index is 13.7. The van der Waals surface area contributed by atoms with Crippen LogP contribution in [-0.2, 0) is 0 Å². The summed E-state index contributed by atoms with van der Waals surface area (Å²) >= 11 is 1.45. The van der Waals surface area contributed by atoms with Crippen LogP contribution in [0.4, 0.5) is 4.39 Å². The summed E-state index contributed by atoms with van der Waals surface area (Å²) in [5.74, 6) is -0.827. The van der Waals surface area contributed by atoms with E-state index in [1.165, 1.54) is 17.4 Å². The quantitative estimate of drug-likeness (QED) is 0.893. The highest BCUT2D eigenvalue weighted by Gasteiger charge is 2.25. The molecule has 5 heteroatoms. The molecule has 0 radical (unpaired) electrons. The third-order valence-electron chi connectivity index (χ3n) is 2.88. The van der Waals surface area contributed by atoms with Gasteiger partial charge in [0.1, 0.15) is 11.9 Å². The Labute approximate surface area is 109 Å². The topological polar surface area (TPSA) is 59.1 Å². The molecular weight excluding hydrogens is 251 g/mol.